The molecule has 90 valence electrons. The first kappa shape index (κ1) is 12.9. The van der Waals surface area contributed by atoms with E-state index >= 15 is 0 Å². The fourth-order valence-corrected chi connectivity index (χ4v) is 2.22. The maximum absolute atomic E-state index is 5.32. The van der Waals surface area contributed by atoms with E-state index in [1.54, 1.807) is 7.11 Å². The minimum Gasteiger partial charge on any atom is -0.380 e. The van der Waals surface area contributed by atoms with Gasteiger partial charge in [-0.15, -0.1) is 0 Å². The molecule has 0 aromatic rings. The number of methoxy groups -OCH3 is 1. The molecule has 0 amide bonds. The zero-order valence-electron chi connectivity index (χ0n) is 10.5. The summed E-state index contributed by atoms with van der Waals surface area (Å²) in [4.78, 5) is 2.57. The van der Waals surface area contributed by atoms with E-state index in [0.29, 0.717) is 6.10 Å². The Balaban J connectivity index is 2.23. The number of hydrogen-bond donors (Lipinski definition) is 1. The van der Waals surface area contributed by atoms with E-state index in [2.05, 4.69) is 24.1 Å². The normalized spacial score (nSPS) is 24.6. The highest BCUT2D eigenvalue weighted by Crippen LogP contribution is 2.17. The van der Waals surface area contributed by atoms with Crippen LogP contribution in [0.3, 0.4) is 0 Å². The van der Waals surface area contributed by atoms with Gasteiger partial charge in [-0.25, -0.2) is 0 Å². The molecule has 1 fully saturated rings. The highest BCUT2D eigenvalue weighted by Gasteiger charge is 2.24. The van der Waals surface area contributed by atoms with E-state index in [9.17, 15) is 0 Å². The van der Waals surface area contributed by atoms with Crippen LogP contribution in [-0.4, -0.2) is 50.3 Å². The van der Waals surface area contributed by atoms with E-state index in [4.69, 9.17) is 4.74 Å². The van der Waals surface area contributed by atoms with Crippen LogP contribution in [0.2, 0.25) is 0 Å². The van der Waals surface area contributed by atoms with Crippen LogP contribution in [0.1, 0.15) is 33.1 Å². The van der Waals surface area contributed by atoms with Crippen molar-refractivity contribution in [2.75, 3.05) is 33.3 Å². The highest BCUT2D eigenvalue weighted by atomic mass is 16.5. The number of rotatable bonds is 7. The van der Waals surface area contributed by atoms with Gasteiger partial charge in [0, 0.05) is 26.2 Å². The molecule has 0 spiro atoms. The lowest BCUT2D eigenvalue weighted by Gasteiger charge is -2.27. The molecule has 1 aliphatic heterocycles. The standard InChI is InChI=1S/C12H26N2O/c1-4-7-13-9-12-6-5-8-14(12)10-11(2)15-3/h11-13H,4-10H2,1-3H3. The highest BCUT2D eigenvalue weighted by molar-refractivity contribution is 4.81. The van der Waals surface area contributed by atoms with Crippen molar-refractivity contribution in [3.8, 4) is 0 Å². The van der Waals surface area contributed by atoms with Crippen LogP contribution in [0, 0.1) is 0 Å². The van der Waals surface area contributed by atoms with Gasteiger partial charge in [0.2, 0.25) is 0 Å². The summed E-state index contributed by atoms with van der Waals surface area (Å²) in [5.41, 5.74) is 0. The summed E-state index contributed by atoms with van der Waals surface area (Å²) in [5, 5.41) is 3.52. The lowest BCUT2D eigenvalue weighted by molar-refractivity contribution is 0.0724. The molecule has 3 nitrogen and oxygen atoms in total. The Morgan fingerprint density at radius 2 is 2.33 bits per heavy atom. The molecule has 2 atom stereocenters. The SMILES string of the molecule is CCCNCC1CCCN1CC(C)OC. The van der Waals surface area contributed by atoms with Crippen molar-refractivity contribution in [2.45, 2.75) is 45.3 Å². The molecule has 0 aromatic heterocycles. The van der Waals surface area contributed by atoms with Gasteiger partial charge in [-0.3, -0.25) is 4.90 Å². The van der Waals surface area contributed by atoms with Gasteiger partial charge in [0.15, 0.2) is 0 Å². The van der Waals surface area contributed by atoms with E-state index in [0.717, 1.165) is 25.7 Å². The van der Waals surface area contributed by atoms with Crippen molar-refractivity contribution in [1.29, 1.82) is 0 Å². The van der Waals surface area contributed by atoms with Crippen molar-refractivity contribution >= 4 is 0 Å². The van der Waals surface area contributed by atoms with Gasteiger partial charge in [-0.2, -0.15) is 0 Å². The minimum atomic E-state index is 0.358. The molecule has 0 bridgehead atoms. The van der Waals surface area contributed by atoms with Gasteiger partial charge < -0.3 is 10.1 Å². The van der Waals surface area contributed by atoms with Gasteiger partial charge in [-0.05, 0) is 39.3 Å². The molecule has 1 rings (SSSR count). The molecule has 3 heteroatoms. The Kier molecular flexibility index (Phi) is 6.22. The van der Waals surface area contributed by atoms with Gasteiger partial charge in [0.1, 0.15) is 0 Å². The zero-order valence-corrected chi connectivity index (χ0v) is 10.5. The van der Waals surface area contributed by atoms with Crippen LogP contribution in [0.15, 0.2) is 0 Å². The van der Waals surface area contributed by atoms with Crippen molar-refractivity contribution in [2.24, 2.45) is 0 Å². The number of nitrogens with zero attached hydrogens (tertiary/aromatic N) is 1. The van der Waals surface area contributed by atoms with Crippen molar-refractivity contribution < 1.29 is 4.74 Å². The molecule has 0 aromatic carbocycles. The third-order valence-electron chi connectivity index (χ3n) is 3.20. The monoisotopic (exact) mass is 214 g/mol. The average molecular weight is 214 g/mol. The number of hydrogen-bond acceptors (Lipinski definition) is 3. The number of likely N-dealkylation sites (tertiary alicyclic amines) is 1. The maximum atomic E-state index is 5.32. The molecule has 1 aliphatic rings. The smallest absolute Gasteiger partial charge is 0.0670 e. The molecule has 1 heterocycles. The summed E-state index contributed by atoms with van der Waals surface area (Å²) in [6.07, 6.45) is 4.26. The largest absolute Gasteiger partial charge is 0.380 e. The first-order valence-electron chi connectivity index (χ1n) is 6.25. The van der Waals surface area contributed by atoms with Crippen LogP contribution in [0.25, 0.3) is 0 Å². The molecule has 15 heavy (non-hydrogen) atoms. The molecule has 0 radical (unpaired) electrons. The topological polar surface area (TPSA) is 24.5 Å². The van der Waals surface area contributed by atoms with E-state index < -0.39 is 0 Å². The third-order valence-corrected chi connectivity index (χ3v) is 3.20. The molecular formula is C12H26N2O. The lowest BCUT2D eigenvalue weighted by Crippen LogP contribution is -2.41. The summed E-state index contributed by atoms with van der Waals surface area (Å²) >= 11 is 0. The van der Waals surface area contributed by atoms with Gasteiger partial charge in [0.25, 0.3) is 0 Å². The van der Waals surface area contributed by atoms with Crippen molar-refractivity contribution in [3.63, 3.8) is 0 Å². The molecular weight excluding hydrogens is 188 g/mol. The molecule has 1 N–H and O–H groups in total. The van der Waals surface area contributed by atoms with Crippen molar-refractivity contribution in [1.82, 2.24) is 10.2 Å². The summed E-state index contributed by atoms with van der Waals surface area (Å²) < 4.78 is 5.32. The fraction of sp³-hybridized carbons (Fsp3) is 1.00. The number of ether oxygens (including phenoxy) is 1. The average Bonchev–Trinajstić information content (AvgIpc) is 2.66. The van der Waals surface area contributed by atoms with E-state index in [1.807, 2.05) is 0 Å². The Labute approximate surface area is 94.2 Å². The quantitative estimate of drug-likeness (QED) is 0.650. The van der Waals surface area contributed by atoms with Gasteiger partial charge in [0.05, 0.1) is 6.10 Å². The molecule has 2 unspecified atom stereocenters. The van der Waals surface area contributed by atoms with E-state index in [1.165, 1.54) is 25.8 Å². The summed E-state index contributed by atoms with van der Waals surface area (Å²) in [7, 11) is 1.80. The summed E-state index contributed by atoms with van der Waals surface area (Å²) in [6, 6.07) is 0.731. The first-order valence-corrected chi connectivity index (χ1v) is 6.25. The Hall–Kier alpha value is -0.120. The van der Waals surface area contributed by atoms with Gasteiger partial charge >= 0.3 is 0 Å². The second-order valence-electron chi connectivity index (χ2n) is 4.54. The predicted octanol–water partition coefficient (Wildman–Crippen LogP) is 1.49. The van der Waals surface area contributed by atoms with Crippen LogP contribution in [0.5, 0.6) is 0 Å². The van der Waals surface area contributed by atoms with Crippen LogP contribution < -0.4 is 5.32 Å². The zero-order chi connectivity index (χ0) is 11.1. The Bertz CT molecular complexity index is 164. The lowest BCUT2D eigenvalue weighted by atomic mass is 10.2. The van der Waals surface area contributed by atoms with Crippen molar-refractivity contribution in [3.05, 3.63) is 0 Å². The Morgan fingerprint density at radius 1 is 1.53 bits per heavy atom. The van der Waals surface area contributed by atoms with E-state index in [-0.39, 0.29) is 0 Å². The Morgan fingerprint density at radius 3 is 3.00 bits per heavy atom. The maximum Gasteiger partial charge on any atom is 0.0670 e. The van der Waals surface area contributed by atoms with Gasteiger partial charge in [-0.1, -0.05) is 6.92 Å². The number of nitrogens with one attached hydrogen (secondary N) is 1. The van der Waals surface area contributed by atoms with Crippen LogP contribution in [-0.2, 0) is 4.74 Å². The second-order valence-corrected chi connectivity index (χ2v) is 4.54. The van der Waals surface area contributed by atoms with Crippen LogP contribution in [0.4, 0.5) is 0 Å². The minimum absolute atomic E-state index is 0.358. The second kappa shape index (κ2) is 7.20. The van der Waals surface area contributed by atoms with Crippen LogP contribution >= 0.6 is 0 Å². The predicted molar refractivity (Wildman–Crippen MR) is 64.2 cm³/mol. The summed E-state index contributed by atoms with van der Waals surface area (Å²) in [5.74, 6) is 0. The third kappa shape index (κ3) is 4.49. The molecule has 0 saturated carbocycles. The molecule has 1 saturated heterocycles. The summed E-state index contributed by atoms with van der Waals surface area (Å²) in [6.45, 7) is 8.97. The molecule has 0 aliphatic carbocycles. The fourth-order valence-electron chi connectivity index (χ4n) is 2.22. The first-order chi connectivity index (χ1) is 7.27.